The highest BCUT2D eigenvalue weighted by Crippen LogP contribution is 2.33. The lowest BCUT2D eigenvalue weighted by Gasteiger charge is -2.14. The summed E-state index contributed by atoms with van der Waals surface area (Å²) in [5, 5.41) is 0. The standard InChI is InChI=1S/C10H13F3N2O/c1-16-8-3-6(9(15)5-14)2-7(4-8)10(11,12)13/h2-4,9H,5,14-15H2,1H3/t9-/m1/s1. The predicted octanol–water partition coefficient (Wildman–Crippen LogP) is 1.67. The number of methoxy groups -OCH3 is 1. The highest BCUT2D eigenvalue weighted by atomic mass is 19.4. The summed E-state index contributed by atoms with van der Waals surface area (Å²) in [5.41, 5.74) is 10.4. The van der Waals surface area contributed by atoms with Crippen molar-refractivity contribution >= 4 is 0 Å². The molecule has 90 valence electrons. The number of halogens is 3. The molecule has 4 N–H and O–H groups in total. The molecule has 1 aromatic rings. The molecule has 1 atom stereocenters. The van der Waals surface area contributed by atoms with Crippen molar-refractivity contribution in [1.29, 1.82) is 0 Å². The van der Waals surface area contributed by atoms with Gasteiger partial charge in [0.1, 0.15) is 5.75 Å². The van der Waals surface area contributed by atoms with E-state index in [1.54, 1.807) is 0 Å². The van der Waals surface area contributed by atoms with Gasteiger partial charge in [0.15, 0.2) is 0 Å². The van der Waals surface area contributed by atoms with Gasteiger partial charge in [-0.15, -0.1) is 0 Å². The van der Waals surface area contributed by atoms with Crippen molar-refractivity contribution in [1.82, 2.24) is 0 Å². The Labute approximate surface area is 91.2 Å². The van der Waals surface area contributed by atoms with Crippen LogP contribution in [-0.2, 0) is 6.18 Å². The van der Waals surface area contributed by atoms with Crippen LogP contribution in [0.25, 0.3) is 0 Å². The zero-order valence-electron chi connectivity index (χ0n) is 8.71. The van der Waals surface area contributed by atoms with Gasteiger partial charge in [0.2, 0.25) is 0 Å². The van der Waals surface area contributed by atoms with Crippen LogP contribution in [0.4, 0.5) is 13.2 Å². The van der Waals surface area contributed by atoms with E-state index in [0.717, 1.165) is 12.1 Å². The molecule has 0 heterocycles. The molecule has 0 spiro atoms. The molecule has 0 aliphatic rings. The van der Waals surface area contributed by atoms with Crippen LogP contribution in [0.5, 0.6) is 5.75 Å². The smallest absolute Gasteiger partial charge is 0.416 e. The fourth-order valence-corrected chi connectivity index (χ4v) is 1.25. The molecule has 0 aromatic heterocycles. The molecule has 0 radical (unpaired) electrons. The average Bonchev–Trinajstić information content (AvgIpc) is 2.26. The van der Waals surface area contributed by atoms with Gasteiger partial charge in [-0.25, -0.2) is 0 Å². The third-order valence-electron chi connectivity index (χ3n) is 2.17. The predicted molar refractivity (Wildman–Crippen MR) is 54.0 cm³/mol. The van der Waals surface area contributed by atoms with E-state index in [1.807, 2.05) is 0 Å². The number of hydrogen-bond donors (Lipinski definition) is 2. The van der Waals surface area contributed by atoms with Crippen molar-refractivity contribution in [3.63, 3.8) is 0 Å². The Morgan fingerprint density at radius 1 is 1.31 bits per heavy atom. The molecule has 0 saturated heterocycles. The maximum atomic E-state index is 12.5. The average molecular weight is 234 g/mol. The second-order valence-electron chi connectivity index (χ2n) is 3.33. The van der Waals surface area contributed by atoms with Crippen molar-refractivity contribution in [2.75, 3.05) is 13.7 Å². The number of ether oxygens (including phenoxy) is 1. The largest absolute Gasteiger partial charge is 0.497 e. The van der Waals surface area contributed by atoms with E-state index in [9.17, 15) is 13.2 Å². The SMILES string of the molecule is COc1cc([C@H](N)CN)cc(C(F)(F)F)c1. The molecule has 3 nitrogen and oxygen atoms in total. The third-order valence-corrected chi connectivity index (χ3v) is 2.17. The van der Waals surface area contributed by atoms with Gasteiger partial charge in [-0.1, -0.05) is 0 Å². The van der Waals surface area contributed by atoms with Gasteiger partial charge in [0.05, 0.1) is 12.7 Å². The van der Waals surface area contributed by atoms with Crippen LogP contribution < -0.4 is 16.2 Å². The summed E-state index contributed by atoms with van der Waals surface area (Å²) >= 11 is 0. The monoisotopic (exact) mass is 234 g/mol. The van der Waals surface area contributed by atoms with Crippen molar-refractivity contribution < 1.29 is 17.9 Å². The third kappa shape index (κ3) is 2.86. The second kappa shape index (κ2) is 4.71. The van der Waals surface area contributed by atoms with E-state index < -0.39 is 17.8 Å². The summed E-state index contributed by atoms with van der Waals surface area (Å²) in [6, 6.07) is 2.73. The van der Waals surface area contributed by atoms with Crippen molar-refractivity contribution in [2.24, 2.45) is 11.5 Å². The lowest BCUT2D eigenvalue weighted by atomic mass is 10.0. The van der Waals surface area contributed by atoms with E-state index in [1.165, 1.54) is 13.2 Å². The van der Waals surface area contributed by atoms with Gasteiger partial charge in [-0.2, -0.15) is 13.2 Å². The van der Waals surface area contributed by atoms with E-state index >= 15 is 0 Å². The van der Waals surface area contributed by atoms with Crippen LogP contribution in [0.15, 0.2) is 18.2 Å². The Morgan fingerprint density at radius 3 is 2.38 bits per heavy atom. The van der Waals surface area contributed by atoms with Gasteiger partial charge >= 0.3 is 6.18 Å². The van der Waals surface area contributed by atoms with Gasteiger partial charge in [-0.3, -0.25) is 0 Å². The molecule has 0 amide bonds. The summed E-state index contributed by atoms with van der Waals surface area (Å²) in [6.07, 6.45) is -4.42. The molecule has 0 fully saturated rings. The molecular weight excluding hydrogens is 221 g/mol. The molecule has 6 heteroatoms. The van der Waals surface area contributed by atoms with E-state index in [4.69, 9.17) is 16.2 Å². The Bertz CT molecular complexity index is 366. The van der Waals surface area contributed by atoms with Gasteiger partial charge in [0, 0.05) is 12.6 Å². The number of hydrogen-bond acceptors (Lipinski definition) is 3. The zero-order valence-corrected chi connectivity index (χ0v) is 8.71. The van der Waals surface area contributed by atoms with E-state index in [-0.39, 0.29) is 12.3 Å². The molecule has 0 aliphatic carbocycles. The number of benzene rings is 1. The first-order chi connectivity index (χ1) is 7.38. The van der Waals surface area contributed by atoms with Gasteiger partial charge in [0.25, 0.3) is 0 Å². The molecule has 0 saturated carbocycles. The van der Waals surface area contributed by atoms with Gasteiger partial charge < -0.3 is 16.2 Å². The number of nitrogens with two attached hydrogens (primary N) is 2. The topological polar surface area (TPSA) is 61.3 Å². The normalized spacial score (nSPS) is 13.6. The Balaban J connectivity index is 3.21. The second-order valence-corrected chi connectivity index (χ2v) is 3.33. The summed E-state index contributed by atoms with van der Waals surface area (Å²) in [7, 11) is 1.30. The lowest BCUT2D eigenvalue weighted by Crippen LogP contribution is -2.21. The maximum absolute atomic E-state index is 12.5. The number of rotatable bonds is 3. The Morgan fingerprint density at radius 2 is 1.94 bits per heavy atom. The van der Waals surface area contributed by atoms with Crippen LogP contribution in [0, 0.1) is 0 Å². The Kier molecular flexibility index (Phi) is 3.77. The lowest BCUT2D eigenvalue weighted by molar-refractivity contribution is -0.137. The fourth-order valence-electron chi connectivity index (χ4n) is 1.25. The van der Waals surface area contributed by atoms with Crippen LogP contribution in [0.1, 0.15) is 17.2 Å². The minimum atomic E-state index is -4.42. The molecule has 0 bridgehead atoms. The van der Waals surface area contributed by atoms with Crippen molar-refractivity contribution in [3.8, 4) is 5.75 Å². The Hall–Kier alpha value is -1.27. The fraction of sp³-hybridized carbons (Fsp3) is 0.400. The molecule has 0 unspecified atom stereocenters. The summed E-state index contributed by atoms with van der Waals surface area (Å²) < 4.78 is 42.4. The first-order valence-corrected chi connectivity index (χ1v) is 4.60. The molecule has 16 heavy (non-hydrogen) atoms. The van der Waals surface area contributed by atoms with Crippen molar-refractivity contribution in [3.05, 3.63) is 29.3 Å². The number of alkyl halides is 3. The van der Waals surface area contributed by atoms with Crippen LogP contribution in [-0.4, -0.2) is 13.7 Å². The minimum Gasteiger partial charge on any atom is -0.497 e. The molecular formula is C10H13F3N2O. The van der Waals surface area contributed by atoms with Crippen LogP contribution >= 0.6 is 0 Å². The molecule has 0 aliphatic heterocycles. The summed E-state index contributed by atoms with van der Waals surface area (Å²) in [5.74, 6) is 0.119. The maximum Gasteiger partial charge on any atom is 0.416 e. The van der Waals surface area contributed by atoms with Gasteiger partial charge in [-0.05, 0) is 23.8 Å². The van der Waals surface area contributed by atoms with Crippen LogP contribution in [0.3, 0.4) is 0 Å². The molecule has 1 rings (SSSR count). The summed E-state index contributed by atoms with van der Waals surface area (Å²) in [6.45, 7) is 0.0739. The summed E-state index contributed by atoms with van der Waals surface area (Å²) in [4.78, 5) is 0. The van der Waals surface area contributed by atoms with E-state index in [2.05, 4.69) is 0 Å². The highest BCUT2D eigenvalue weighted by molar-refractivity contribution is 5.37. The quantitative estimate of drug-likeness (QED) is 0.836. The molecule has 1 aromatic carbocycles. The van der Waals surface area contributed by atoms with E-state index in [0.29, 0.717) is 5.56 Å². The van der Waals surface area contributed by atoms with Crippen LogP contribution in [0.2, 0.25) is 0 Å². The first-order valence-electron chi connectivity index (χ1n) is 4.60. The highest BCUT2D eigenvalue weighted by Gasteiger charge is 2.31. The zero-order chi connectivity index (χ0) is 12.3. The minimum absolute atomic E-state index is 0.0739. The van der Waals surface area contributed by atoms with Crippen molar-refractivity contribution in [2.45, 2.75) is 12.2 Å². The first kappa shape index (κ1) is 12.8.